The fourth-order valence-corrected chi connectivity index (χ4v) is 1.52. The lowest BCUT2D eigenvalue weighted by molar-refractivity contribution is 0.0377. The summed E-state index contributed by atoms with van der Waals surface area (Å²) in [5.74, 6) is -0.319. The summed E-state index contributed by atoms with van der Waals surface area (Å²) in [7, 11) is 0. The molecule has 2 heteroatoms. The quantitative estimate of drug-likeness (QED) is 0.716. The van der Waals surface area contributed by atoms with Crippen LogP contribution in [0.15, 0.2) is 36.4 Å². The Labute approximate surface area is 94.8 Å². The van der Waals surface area contributed by atoms with Crippen LogP contribution in [0.1, 0.15) is 24.2 Å². The molecule has 16 heavy (non-hydrogen) atoms. The van der Waals surface area contributed by atoms with Crippen molar-refractivity contribution in [3.05, 3.63) is 48.0 Å². The third-order valence-corrected chi connectivity index (χ3v) is 2.24. The molecule has 2 aromatic rings. The smallest absolute Gasteiger partial charge is 0.339 e. The van der Waals surface area contributed by atoms with E-state index in [9.17, 15) is 4.79 Å². The van der Waals surface area contributed by atoms with Crippen molar-refractivity contribution in [1.29, 1.82) is 0 Å². The van der Waals surface area contributed by atoms with Crippen molar-refractivity contribution in [2.75, 3.05) is 0 Å². The lowest BCUT2D eigenvalue weighted by Crippen LogP contribution is -2.11. The molecule has 2 rings (SSSR count). The van der Waals surface area contributed by atoms with Gasteiger partial charge in [-0.2, -0.15) is 0 Å². The molecule has 0 aromatic heterocycles. The molecular weight excluding hydrogens is 200 g/mol. The third-order valence-electron chi connectivity index (χ3n) is 2.24. The highest BCUT2D eigenvalue weighted by Gasteiger charge is 2.09. The van der Waals surface area contributed by atoms with Gasteiger partial charge in [0.25, 0.3) is 0 Å². The molecule has 0 saturated heterocycles. The average Bonchev–Trinajstić information content (AvgIpc) is 2.27. The van der Waals surface area contributed by atoms with Crippen molar-refractivity contribution in [2.45, 2.75) is 20.0 Å². The molecule has 0 spiro atoms. The Bertz CT molecular complexity index is 515. The molecule has 0 aliphatic carbocycles. The molecule has 0 fully saturated rings. The number of carbonyl (C=O) groups excluding carboxylic acids is 1. The molecule has 0 unspecified atom stereocenters. The first kappa shape index (κ1) is 10.7. The van der Waals surface area contributed by atoms with Gasteiger partial charge in [-0.15, -0.1) is 0 Å². The molecule has 0 N–H and O–H groups in total. The zero-order valence-corrected chi connectivity index (χ0v) is 9.36. The summed E-state index contributed by atoms with van der Waals surface area (Å²) in [6.07, 6.45) is -0.104. The van der Waals surface area contributed by atoms with Gasteiger partial charge in [-0.3, -0.25) is 0 Å². The van der Waals surface area contributed by atoms with Crippen molar-refractivity contribution in [3.63, 3.8) is 0 Å². The Morgan fingerprint density at radius 2 is 1.94 bits per heavy atom. The van der Waals surface area contributed by atoms with E-state index in [0.29, 0.717) is 5.56 Å². The molecule has 2 aromatic carbocycles. The molecular formula is C14H13O2. The molecule has 81 valence electrons. The van der Waals surface area contributed by atoms with Crippen LogP contribution < -0.4 is 0 Å². The zero-order valence-electron chi connectivity index (χ0n) is 9.36. The summed E-state index contributed by atoms with van der Waals surface area (Å²) in [5, 5.41) is 2.10. The van der Waals surface area contributed by atoms with Gasteiger partial charge >= 0.3 is 5.97 Å². The van der Waals surface area contributed by atoms with E-state index in [1.807, 2.05) is 44.2 Å². The largest absolute Gasteiger partial charge is 0.459 e. The topological polar surface area (TPSA) is 26.3 Å². The second kappa shape index (κ2) is 4.35. The molecule has 0 atom stereocenters. The Balaban J connectivity index is 2.35. The highest BCUT2D eigenvalue weighted by atomic mass is 16.5. The number of hydrogen-bond donors (Lipinski definition) is 0. The van der Waals surface area contributed by atoms with Gasteiger partial charge in [0.2, 0.25) is 0 Å². The Hall–Kier alpha value is -1.83. The monoisotopic (exact) mass is 213 g/mol. The van der Waals surface area contributed by atoms with E-state index in [4.69, 9.17) is 4.74 Å². The predicted octanol–water partition coefficient (Wildman–Crippen LogP) is 3.21. The summed E-state index contributed by atoms with van der Waals surface area (Å²) in [4.78, 5) is 11.6. The maximum absolute atomic E-state index is 11.6. The van der Waals surface area contributed by atoms with Crippen molar-refractivity contribution >= 4 is 16.7 Å². The predicted molar refractivity (Wildman–Crippen MR) is 63.3 cm³/mol. The van der Waals surface area contributed by atoms with Crippen LogP contribution in [0.5, 0.6) is 0 Å². The van der Waals surface area contributed by atoms with Crippen molar-refractivity contribution < 1.29 is 9.53 Å². The molecule has 0 aliphatic rings. The third kappa shape index (κ3) is 2.22. The van der Waals surface area contributed by atoms with Gasteiger partial charge in [0, 0.05) is 0 Å². The van der Waals surface area contributed by atoms with Crippen LogP contribution in [0, 0.1) is 6.07 Å². The second-order valence-electron chi connectivity index (χ2n) is 3.93. The number of benzene rings is 2. The summed E-state index contributed by atoms with van der Waals surface area (Å²) in [6.45, 7) is 3.66. The van der Waals surface area contributed by atoms with E-state index in [1.165, 1.54) is 0 Å². The summed E-state index contributed by atoms with van der Waals surface area (Å²) < 4.78 is 5.11. The number of rotatable bonds is 2. The van der Waals surface area contributed by atoms with E-state index in [1.54, 1.807) is 6.07 Å². The van der Waals surface area contributed by atoms with Crippen LogP contribution in [-0.2, 0) is 4.74 Å². The van der Waals surface area contributed by atoms with Crippen LogP contribution >= 0.6 is 0 Å². The van der Waals surface area contributed by atoms with Crippen LogP contribution in [0.25, 0.3) is 10.8 Å². The number of fused-ring (bicyclic) bond motifs is 1. The molecule has 2 nitrogen and oxygen atoms in total. The minimum absolute atomic E-state index is 0.104. The van der Waals surface area contributed by atoms with Crippen LogP contribution in [0.2, 0.25) is 0 Å². The maximum Gasteiger partial charge on any atom is 0.339 e. The number of esters is 1. The van der Waals surface area contributed by atoms with Crippen LogP contribution in [0.4, 0.5) is 0 Å². The Morgan fingerprint density at radius 1 is 1.25 bits per heavy atom. The lowest BCUT2D eigenvalue weighted by Gasteiger charge is -2.07. The fraction of sp³-hybridized carbons (Fsp3) is 0.214. The van der Waals surface area contributed by atoms with Crippen molar-refractivity contribution in [1.82, 2.24) is 0 Å². The maximum atomic E-state index is 11.6. The van der Waals surface area contributed by atoms with Crippen LogP contribution in [-0.4, -0.2) is 12.1 Å². The summed E-state index contributed by atoms with van der Waals surface area (Å²) in [6, 6.07) is 14.4. The molecule has 0 saturated carbocycles. The van der Waals surface area contributed by atoms with E-state index in [2.05, 4.69) is 6.07 Å². The number of ether oxygens (including phenoxy) is 1. The van der Waals surface area contributed by atoms with Gasteiger partial charge in [0.1, 0.15) is 0 Å². The van der Waals surface area contributed by atoms with Gasteiger partial charge < -0.3 is 4.74 Å². The highest BCUT2D eigenvalue weighted by Crippen LogP contribution is 2.16. The minimum atomic E-state index is -0.319. The number of hydrogen-bond acceptors (Lipinski definition) is 2. The average molecular weight is 213 g/mol. The van der Waals surface area contributed by atoms with Gasteiger partial charge in [0.05, 0.1) is 11.7 Å². The van der Waals surface area contributed by atoms with Crippen LogP contribution in [0.3, 0.4) is 0 Å². The second-order valence-corrected chi connectivity index (χ2v) is 3.93. The minimum Gasteiger partial charge on any atom is -0.459 e. The SMILES string of the molecule is CC(C)OC(=O)c1[c]cc2ccccc2c1. The normalized spacial score (nSPS) is 10.7. The highest BCUT2D eigenvalue weighted by molar-refractivity contribution is 5.95. The first-order chi connectivity index (χ1) is 7.66. The molecule has 0 heterocycles. The first-order valence-electron chi connectivity index (χ1n) is 5.28. The Kier molecular flexibility index (Phi) is 2.91. The van der Waals surface area contributed by atoms with Gasteiger partial charge in [0.15, 0.2) is 0 Å². The summed E-state index contributed by atoms with van der Waals surface area (Å²) >= 11 is 0. The summed E-state index contributed by atoms with van der Waals surface area (Å²) in [5.41, 5.74) is 0.479. The fourth-order valence-electron chi connectivity index (χ4n) is 1.52. The Morgan fingerprint density at radius 3 is 2.62 bits per heavy atom. The van der Waals surface area contributed by atoms with E-state index < -0.39 is 0 Å². The van der Waals surface area contributed by atoms with E-state index >= 15 is 0 Å². The molecule has 1 radical (unpaired) electrons. The molecule has 0 bridgehead atoms. The molecule has 0 aliphatic heterocycles. The van der Waals surface area contributed by atoms with Crippen molar-refractivity contribution in [2.24, 2.45) is 0 Å². The zero-order chi connectivity index (χ0) is 11.5. The lowest BCUT2D eigenvalue weighted by atomic mass is 10.1. The molecule has 0 amide bonds. The van der Waals surface area contributed by atoms with Gasteiger partial charge in [-0.05, 0) is 42.8 Å². The first-order valence-corrected chi connectivity index (χ1v) is 5.28. The van der Waals surface area contributed by atoms with Gasteiger partial charge in [-0.25, -0.2) is 4.79 Å². The van der Waals surface area contributed by atoms with E-state index in [-0.39, 0.29) is 12.1 Å². The van der Waals surface area contributed by atoms with Crippen molar-refractivity contribution in [3.8, 4) is 0 Å². The standard InChI is InChI=1S/C14H13O2/c1-10(2)16-14(15)13-8-7-11-5-3-4-6-12(11)9-13/h3-7,9-10H,1-2H3. The van der Waals surface area contributed by atoms with Gasteiger partial charge in [-0.1, -0.05) is 24.3 Å². The van der Waals surface area contributed by atoms with E-state index in [0.717, 1.165) is 10.8 Å². The number of carbonyl (C=O) groups is 1.